The molecular formula is C16H15NO4. The number of hydrogen-bond acceptors (Lipinski definition) is 3. The van der Waals surface area contributed by atoms with Crippen LogP contribution in [0.25, 0.3) is 0 Å². The Morgan fingerprint density at radius 1 is 1.10 bits per heavy atom. The third-order valence-electron chi connectivity index (χ3n) is 3.11. The summed E-state index contributed by atoms with van der Waals surface area (Å²) in [5.74, 6) is -1.44. The summed E-state index contributed by atoms with van der Waals surface area (Å²) in [6, 6.07) is 11.3. The lowest BCUT2D eigenvalue weighted by atomic mass is 10.1. The molecule has 3 N–H and O–H groups in total. The molecule has 0 heterocycles. The number of anilines is 1. The maximum absolute atomic E-state index is 12.0. The summed E-state index contributed by atoms with van der Waals surface area (Å²) < 4.78 is 0. The summed E-state index contributed by atoms with van der Waals surface area (Å²) in [6.07, 6.45) is -0.0277. The molecule has 0 aliphatic heterocycles. The highest BCUT2D eigenvalue weighted by molar-refractivity contribution is 6.02. The SMILES string of the molecule is Cc1cccc(C(=O)O)c1NC(=O)Cc1ccccc1O. The van der Waals surface area contributed by atoms with Gasteiger partial charge in [-0.25, -0.2) is 4.79 Å². The van der Waals surface area contributed by atoms with Crippen LogP contribution in [0.4, 0.5) is 5.69 Å². The number of carboxylic acids is 1. The van der Waals surface area contributed by atoms with E-state index in [1.165, 1.54) is 12.1 Å². The van der Waals surface area contributed by atoms with Gasteiger partial charge in [-0.3, -0.25) is 4.79 Å². The van der Waals surface area contributed by atoms with Gasteiger partial charge in [0.1, 0.15) is 5.75 Å². The third-order valence-corrected chi connectivity index (χ3v) is 3.11. The Hall–Kier alpha value is -2.82. The van der Waals surface area contributed by atoms with E-state index in [-0.39, 0.29) is 29.3 Å². The van der Waals surface area contributed by atoms with Gasteiger partial charge < -0.3 is 15.5 Å². The van der Waals surface area contributed by atoms with Crippen molar-refractivity contribution < 1.29 is 19.8 Å². The van der Waals surface area contributed by atoms with Gasteiger partial charge in [0.05, 0.1) is 17.7 Å². The van der Waals surface area contributed by atoms with Gasteiger partial charge in [-0.1, -0.05) is 30.3 Å². The van der Waals surface area contributed by atoms with E-state index in [1.54, 1.807) is 37.3 Å². The van der Waals surface area contributed by atoms with Crippen molar-refractivity contribution in [1.82, 2.24) is 0 Å². The minimum absolute atomic E-state index is 0.0277. The van der Waals surface area contributed by atoms with Gasteiger partial charge in [0.2, 0.25) is 5.91 Å². The van der Waals surface area contributed by atoms with Crippen LogP contribution in [-0.4, -0.2) is 22.1 Å². The molecule has 0 unspecified atom stereocenters. The number of carbonyl (C=O) groups is 2. The predicted octanol–water partition coefficient (Wildman–Crippen LogP) is 2.58. The molecule has 5 nitrogen and oxygen atoms in total. The van der Waals surface area contributed by atoms with E-state index in [0.29, 0.717) is 11.1 Å². The zero-order chi connectivity index (χ0) is 15.4. The topological polar surface area (TPSA) is 86.6 Å². The van der Waals surface area contributed by atoms with E-state index >= 15 is 0 Å². The number of aromatic carboxylic acids is 1. The van der Waals surface area contributed by atoms with Crippen LogP contribution < -0.4 is 5.32 Å². The number of benzene rings is 2. The van der Waals surface area contributed by atoms with Crippen LogP contribution in [0.1, 0.15) is 21.5 Å². The molecule has 5 heteroatoms. The molecule has 0 bridgehead atoms. The largest absolute Gasteiger partial charge is 0.508 e. The highest BCUT2D eigenvalue weighted by Crippen LogP contribution is 2.22. The quantitative estimate of drug-likeness (QED) is 0.805. The second-order valence-electron chi connectivity index (χ2n) is 4.66. The number of amides is 1. The van der Waals surface area contributed by atoms with E-state index in [9.17, 15) is 14.7 Å². The number of nitrogens with one attached hydrogen (secondary N) is 1. The zero-order valence-electron chi connectivity index (χ0n) is 11.5. The summed E-state index contributed by atoms with van der Waals surface area (Å²) in [5, 5.41) is 21.4. The van der Waals surface area contributed by atoms with Crippen LogP contribution in [-0.2, 0) is 11.2 Å². The maximum Gasteiger partial charge on any atom is 0.337 e. The Balaban J connectivity index is 2.21. The van der Waals surface area contributed by atoms with Gasteiger partial charge in [0.15, 0.2) is 0 Å². The minimum atomic E-state index is -1.10. The van der Waals surface area contributed by atoms with Crippen LogP contribution in [0.15, 0.2) is 42.5 Å². The normalized spacial score (nSPS) is 10.1. The van der Waals surface area contributed by atoms with Crippen molar-refractivity contribution in [2.24, 2.45) is 0 Å². The Morgan fingerprint density at radius 3 is 2.48 bits per heavy atom. The van der Waals surface area contributed by atoms with Crippen molar-refractivity contribution in [1.29, 1.82) is 0 Å². The van der Waals surface area contributed by atoms with E-state index < -0.39 is 5.97 Å². The lowest BCUT2D eigenvalue weighted by Crippen LogP contribution is -2.17. The number of carbonyl (C=O) groups excluding carboxylic acids is 1. The average molecular weight is 285 g/mol. The molecule has 0 fully saturated rings. The highest BCUT2D eigenvalue weighted by Gasteiger charge is 2.15. The second kappa shape index (κ2) is 6.09. The number of carboxylic acid groups (broad SMARTS) is 1. The van der Waals surface area contributed by atoms with Crippen molar-refractivity contribution in [2.75, 3.05) is 5.32 Å². The fourth-order valence-corrected chi connectivity index (χ4v) is 2.03. The Bertz CT molecular complexity index is 694. The number of aromatic hydroxyl groups is 1. The average Bonchev–Trinajstić information content (AvgIpc) is 2.43. The molecule has 1 amide bonds. The molecule has 0 aromatic heterocycles. The Labute approximate surface area is 121 Å². The number of hydrogen-bond donors (Lipinski definition) is 3. The Morgan fingerprint density at radius 2 is 1.81 bits per heavy atom. The van der Waals surface area contributed by atoms with Gasteiger partial charge in [0, 0.05) is 5.56 Å². The molecule has 0 radical (unpaired) electrons. The number of aryl methyl sites for hydroxylation is 1. The van der Waals surface area contributed by atoms with Crippen molar-refractivity contribution in [3.05, 3.63) is 59.2 Å². The summed E-state index contributed by atoms with van der Waals surface area (Å²) >= 11 is 0. The maximum atomic E-state index is 12.0. The van der Waals surface area contributed by atoms with Crippen LogP contribution in [0.5, 0.6) is 5.75 Å². The van der Waals surface area contributed by atoms with Crippen LogP contribution >= 0.6 is 0 Å². The van der Waals surface area contributed by atoms with Crippen molar-refractivity contribution in [3.63, 3.8) is 0 Å². The van der Waals surface area contributed by atoms with Crippen molar-refractivity contribution >= 4 is 17.6 Å². The number of phenolic OH excluding ortho intramolecular Hbond substituents is 1. The molecule has 2 aromatic rings. The van der Waals surface area contributed by atoms with Gasteiger partial charge in [0.25, 0.3) is 0 Å². The van der Waals surface area contributed by atoms with E-state index in [0.717, 1.165) is 0 Å². The van der Waals surface area contributed by atoms with Crippen molar-refractivity contribution in [3.8, 4) is 5.75 Å². The first-order valence-electron chi connectivity index (χ1n) is 6.38. The summed E-state index contributed by atoms with van der Waals surface area (Å²) in [4.78, 5) is 23.2. The van der Waals surface area contributed by atoms with Crippen LogP contribution in [0, 0.1) is 6.92 Å². The number of para-hydroxylation sites is 2. The summed E-state index contributed by atoms with van der Waals surface area (Å²) in [5.41, 5.74) is 1.48. The van der Waals surface area contributed by atoms with E-state index in [2.05, 4.69) is 5.32 Å². The molecule has 21 heavy (non-hydrogen) atoms. The monoisotopic (exact) mass is 285 g/mol. The van der Waals surface area contributed by atoms with Crippen LogP contribution in [0.3, 0.4) is 0 Å². The molecule has 2 rings (SSSR count). The highest BCUT2D eigenvalue weighted by atomic mass is 16.4. The molecule has 0 atom stereocenters. The smallest absolute Gasteiger partial charge is 0.337 e. The number of phenols is 1. The third kappa shape index (κ3) is 3.39. The van der Waals surface area contributed by atoms with Gasteiger partial charge in [-0.05, 0) is 24.6 Å². The first kappa shape index (κ1) is 14.6. The van der Waals surface area contributed by atoms with Gasteiger partial charge in [-0.15, -0.1) is 0 Å². The molecule has 0 spiro atoms. The first-order chi connectivity index (χ1) is 9.99. The first-order valence-corrected chi connectivity index (χ1v) is 6.38. The zero-order valence-corrected chi connectivity index (χ0v) is 11.5. The van der Waals surface area contributed by atoms with E-state index in [1.807, 2.05) is 0 Å². The van der Waals surface area contributed by atoms with Gasteiger partial charge >= 0.3 is 5.97 Å². The molecule has 0 aliphatic rings. The molecule has 2 aromatic carbocycles. The lowest BCUT2D eigenvalue weighted by Gasteiger charge is -2.12. The fraction of sp³-hybridized carbons (Fsp3) is 0.125. The fourth-order valence-electron chi connectivity index (χ4n) is 2.03. The molecular weight excluding hydrogens is 270 g/mol. The second-order valence-corrected chi connectivity index (χ2v) is 4.66. The molecule has 0 saturated carbocycles. The number of rotatable bonds is 4. The van der Waals surface area contributed by atoms with Gasteiger partial charge in [-0.2, -0.15) is 0 Å². The lowest BCUT2D eigenvalue weighted by molar-refractivity contribution is -0.115. The summed E-state index contributed by atoms with van der Waals surface area (Å²) in [6.45, 7) is 1.72. The predicted molar refractivity (Wildman–Crippen MR) is 78.6 cm³/mol. The van der Waals surface area contributed by atoms with Crippen LogP contribution in [0.2, 0.25) is 0 Å². The van der Waals surface area contributed by atoms with Crippen molar-refractivity contribution in [2.45, 2.75) is 13.3 Å². The molecule has 0 saturated heterocycles. The standard InChI is InChI=1S/C16H15NO4/c1-10-5-4-7-12(16(20)21)15(10)17-14(19)9-11-6-2-3-8-13(11)18/h2-8,18H,9H2,1H3,(H,17,19)(H,20,21). The van der Waals surface area contributed by atoms with E-state index in [4.69, 9.17) is 5.11 Å². The minimum Gasteiger partial charge on any atom is -0.508 e. The summed E-state index contributed by atoms with van der Waals surface area (Å²) in [7, 11) is 0. The Kier molecular flexibility index (Phi) is 4.23. The molecule has 0 aliphatic carbocycles. The molecule has 108 valence electrons.